The van der Waals surface area contributed by atoms with Crippen molar-refractivity contribution < 1.29 is 9.31 Å². The second kappa shape index (κ2) is 5.00. The molecule has 1 aliphatic heterocycles. The average molecular weight is 284 g/mol. The summed E-state index contributed by atoms with van der Waals surface area (Å²) < 4.78 is 14.1. The van der Waals surface area contributed by atoms with Gasteiger partial charge in [0.25, 0.3) is 0 Å². The molecule has 1 saturated heterocycles. The quantitative estimate of drug-likeness (QED) is 0.811. The summed E-state index contributed by atoms with van der Waals surface area (Å²) >= 11 is 0. The molecule has 0 bridgehead atoms. The Labute approximate surface area is 126 Å². The SMILES string of the molecule is CC1(C)OB(c2cn(Cc3ccccc3)cn2)OC1(C)C. The average Bonchev–Trinajstić information content (AvgIpc) is 2.94. The van der Waals surface area contributed by atoms with Crippen LogP contribution in [0.2, 0.25) is 0 Å². The number of imidazole rings is 1. The first kappa shape index (κ1) is 14.4. The van der Waals surface area contributed by atoms with Crippen LogP contribution in [0.1, 0.15) is 33.3 Å². The van der Waals surface area contributed by atoms with E-state index in [0.29, 0.717) is 0 Å². The highest BCUT2D eigenvalue weighted by Gasteiger charge is 2.52. The fourth-order valence-electron chi connectivity index (χ4n) is 2.34. The van der Waals surface area contributed by atoms with Crippen molar-refractivity contribution in [2.75, 3.05) is 0 Å². The van der Waals surface area contributed by atoms with Crippen LogP contribution in [0.4, 0.5) is 0 Å². The van der Waals surface area contributed by atoms with Gasteiger partial charge in [0, 0.05) is 12.7 Å². The summed E-state index contributed by atoms with van der Waals surface area (Å²) in [4.78, 5) is 4.44. The minimum atomic E-state index is -0.396. The number of aromatic nitrogens is 2. The summed E-state index contributed by atoms with van der Waals surface area (Å²) in [5.41, 5.74) is 1.40. The minimum Gasteiger partial charge on any atom is -0.398 e. The molecule has 0 unspecified atom stereocenters. The van der Waals surface area contributed by atoms with Crippen LogP contribution in [0.25, 0.3) is 0 Å². The van der Waals surface area contributed by atoms with Gasteiger partial charge in [-0.1, -0.05) is 30.3 Å². The first-order valence-electron chi connectivity index (χ1n) is 7.29. The molecule has 0 N–H and O–H groups in total. The van der Waals surface area contributed by atoms with Crippen molar-refractivity contribution in [2.24, 2.45) is 0 Å². The largest absolute Gasteiger partial charge is 0.516 e. The molecule has 5 heteroatoms. The van der Waals surface area contributed by atoms with Crippen LogP contribution >= 0.6 is 0 Å². The molecule has 0 radical (unpaired) electrons. The first-order valence-corrected chi connectivity index (χ1v) is 7.29. The van der Waals surface area contributed by atoms with Crippen LogP contribution in [0, 0.1) is 0 Å². The zero-order chi connectivity index (χ0) is 15.1. The standard InChI is InChI=1S/C16H21BN2O2/c1-15(2)16(3,4)21-17(20-15)14-11-19(12-18-14)10-13-8-6-5-7-9-13/h5-9,11-12H,10H2,1-4H3. The first-order chi connectivity index (χ1) is 9.87. The molecule has 1 aliphatic rings. The molecular weight excluding hydrogens is 263 g/mol. The summed E-state index contributed by atoms with van der Waals surface area (Å²) in [5, 5.41) is 0. The zero-order valence-corrected chi connectivity index (χ0v) is 13.0. The summed E-state index contributed by atoms with van der Waals surface area (Å²) in [6, 6.07) is 10.3. The van der Waals surface area contributed by atoms with Gasteiger partial charge >= 0.3 is 7.12 Å². The summed E-state index contributed by atoms with van der Waals surface area (Å²) in [6.45, 7) is 9.00. The van der Waals surface area contributed by atoms with Crippen molar-refractivity contribution >= 4 is 12.7 Å². The predicted molar refractivity (Wildman–Crippen MR) is 83.5 cm³/mol. The van der Waals surface area contributed by atoms with Gasteiger partial charge in [-0.25, -0.2) is 4.98 Å². The Morgan fingerprint density at radius 1 is 1.05 bits per heavy atom. The number of rotatable bonds is 3. The van der Waals surface area contributed by atoms with Crippen molar-refractivity contribution in [3.8, 4) is 0 Å². The summed E-state index contributed by atoms with van der Waals surface area (Å²) in [6.07, 6.45) is 3.82. The van der Waals surface area contributed by atoms with Gasteiger partial charge in [-0.05, 0) is 33.3 Å². The van der Waals surface area contributed by atoms with Gasteiger partial charge in [0.1, 0.15) is 0 Å². The third kappa shape index (κ3) is 2.76. The normalized spacial score (nSPS) is 19.9. The molecule has 4 nitrogen and oxygen atoms in total. The molecular formula is C16H21BN2O2. The summed E-state index contributed by atoms with van der Waals surface area (Å²) in [5.74, 6) is 0. The van der Waals surface area contributed by atoms with Crippen molar-refractivity contribution in [1.82, 2.24) is 9.55 Å². The molecule has 1 aromatic carbocycles. The Morgan fingerprint density at radius 3 is 2.29 bits per heavy atom. The van der Waals surface area contributed by atoms with Crippen molar-refractivity contribution in [3.05, 3.63) is 48.4 Å². The highest BCUT2D eigenvalue weighted by molar-refractivity contribution is 6.61. The Bertz CT molecular complexity index is 606. The number of nitrogens with zero attached hydrogens (tertiary/aromatic N) is 2. The van der Waals surface area contributed by atoms with Gasteiger partial charge in [0.05, 0.1) is 23.1 Å². The van der Waals surface area contributed by atoms with Crippen molar-refractivity contribution in [1.29, 1.82) is 0 Å². The van der Waals surface area contributed by atoms with Gasteiger partial charge in [0.2, 0.25) is 0 Å². The van der Waals surface area contributed by atoms with Crippen LogP contribution in [0.15, 0.2) is 42.9 Å². The van der Waals surface area contributed by atoms with E-state index in [2.05, 4.69) is 21.7 Å². The second-order valence-electron chi connectivity index (χ2n) is 6.54. The van der Waals surface area contributed by atoms with E-state index in [1.807, 2.05) is 58.4 Å². The lowest BCUT2D eigenvalue weighted by molar-refractivity contribution is 0.00578. The lowest BCUT2D eigenvalue weighted by Gasteiger charge is -2.32. The van der Waals surface area contributed by atoms with Crippen molar-refractivity contribution in [2.45, 2.75) is 45.4 Å². The molecule has 1 aromatic heterocycles. The molecule has 2 heterocycles. The predicted octanol–water partition coefficient (Wildman–Crippen LogP) is 2.23. The minimum absolute atomic E-state index is 0.332. The Kier molecular flexibility index (Phi) is 3.42. The maximum atomic E-state index is 6.02. The maximum absolute atomic E-state index is 6.02. The Hall–Kier alpha value is -1.59. The van der Waals surface area contributed by atoms with Gasteiger partial charge in [-0.3, -0.25) is 0 Å². The molecule has 0 spiro atoms. The lowest BCUT2D eigenvalue weighted by Crippen LogP contribution is -2.41. The van der Waals surface area contributed by atoms with Crippen molar-refractivity contribution in [3.63, 3.8) is 0 Å². The number of hydrogen-bond acceptors (Lipinski definition) is 3. The van der Waals surface area contributed by atoms with Crippen LogP contribution in [0.5, 0.6) is 0 Å². The molecule has 1 fully saturated rings. The van der Waals surface area contributed by atoms with E-state index in [1.54, 1.807) is 0 Å². The van der Waals surface area contributed by atoms with E-state index in [4.69, 9.17) is 9.31 Å². The molecule has 0 saturated carbocycles. The Morgan fingerprint density at radius 2 is 1.67 bits per heavy atom. The molecule has 0 amide bonds. The lowest BCUT2D eigenvalue weighted by atomic mass is 9.86. The van der Waals surface area contributed by atoms with E-state index >= 15 is 0 Å². The van der Waals surface area contributed by atoms with E-state index < -0.39 is 7.12 Å². The van der Waals surface area contributed by atoms with Gasteiger partial charge < -0.3 is 13.9 Å². The summed E-state index contributed by atoms with van der Waals surface area (Å²) in [7, 11) is -0.396. The van der Waals surface area contributed by atoms with Crippen LogP contribution in [-0.4, -0.2) is 27.9 Å². The fraction of sp³-hybridized carbons (Fsp3) is 0.438. The van der Waals surface area contributed by atoms with E-state index in [1.165, 1.54) is 5.56 Å². The second-order valence-corrected chi connectivity index (χ2v) is 6.54. The molecule has 2 aromatic rings. The molecule has 0 atom stereocenters. The number of benzene rings is 1. The highest BCUT2D eigenvalue weighted by Crippen LogP contribution is 2.36. The van der Waals surface area contributed by atoms with E-state index in [9.17, 15) is 0 Å². The third-order valence-electron chi connectivity index (χ3n) is 4.36. The molecule has 110 valence electrons. The number of hydrogen-bond donors (Lipinski definition) is 0. The zero-order valence-electron chi connectivity index (χ0n) is 13.0. The van der Waals surface area contributed by atoms with Gasteiger partial charge in [0.15, 0.2) is 0 Å². The van der Waals surface area contributed by atoms with Gasteiger partial charge in [-0.15, -0.1) is 0 Å². The topological polar surface area (TPSA) is 36.3 Å². The Balaban J connectivity index is 1.74. The smallest absolute Gasteiger partial charge is 0.398 e. The fourth-order valence-corrected chi connectivity index (χ4v) is 2.34. The van der Waals surface area contributed by atoms with E-state index in [-0.39, 0.29) is 11.2 Å². The molecule has 21 heavy (non-hydrogen) atoms. The monoisotopic (exact) mass is 284 g/mol. The van der Waals surface area contributed by atoms with E-state index in [0.717, 1.165) is 12.1 Å². The molecule has 3 rings (SSSR count). The van der Waals surface area contributed by atoms with Crippen LogP contribution in [0.3, 0.4) is 0 Å². The maximum Gasteiger partial charge on any atom is 0.516 e. The van der Waals surface area contributed by atoms with Gasteiger partial charge in [-0.2, -0.15) is 0 Å². The van der Waals surface area contributed by atoms with Crippen LogP contribution < -0.4 is 5.59 Å². The molecule has 0 aliphatic carbocycles. The highest BCUT2D eigenvalue weighted by atomic mass is 16.7. The van der Waals surface area contributed by atoms with Crippen LogP contribution in [-0.2, 0) is 15.9 Å². The third-order valence-corrected chi connectivity index (χ3v) is 4.36.